The highest BCUT2D eigenvalue weighted by Crippen LogP contribution is 2.18. The number of rotatable bonds is 3. The summed E-state index contributed by atoms with van der Waals surface area (Å²) in [7, 11) is 4.12. The van der Waals surface area contributed by atoms with E-state index >= 15 is 0 Å². The predicted molar refractivity (Wildman–Crippen MR) is 59.3 cm³/mol. The quantitative estimate of drug-likeness (QED) is 0.765. The molecule has 0 saturated heterocycles. The van der Waals surface area contributed by atoms with E-state index < -0.39 is 0 Å². The van der Waals surface area contributed by atoms with Gasteiger partial charge in [-0.05, 0) is 25.7 Å². The summed E-state index contributed by atoms with van der Waals surface area (Å²) in [5, 5.41) is 0. The van der Waals surface area contributed by atoms with Crippen molar-refractivity contribution in [3.8, 4) is 11.3 Å². The average molecular weight is 202 g/mol. The third-order valence-corrected chi connectivity index (χ3v) is 2.15. The first kappa shape index (κ1) is 9.93. The molecular weight excluding hydrogens is 188 g/mol. The van der Waals surface area contributed by atoms with E-state index in [-0.39, 0.29) is 0 Å². The molecule has 0 fully saturated rings. The summed E-state index contributed by atoms with van der Waals surface area (Å²) in [6, 6.07) is 8.33. The van der Waals surface area contributed by atoms with Crippen molar-refractivity contribution in [3.05, 3.63) is 42.5 Å². The minimum atomic E-state index is 0.885. The molecule has 0 aliphatic carbocycles. The van der Waals surface area contributed by atoms with Gasteiger partial charge in [0.25, 0.3) is 0 Å². The Labute approximate surface area is 89.4 Å². The molecule has 0 spiro atoms. The summed E-state index contributed by atoms with van der Waals surface area (Å²) < 4.78 is 4.97. The molecule has 15 heavy (non-hydrogen) atoms. The molecule has 78 valence electrons. The number of hydrogen-bond acceptors (Lipinski definition) is 3. The fraction of sp³-hybridized carbons (Fsp3) is 0.250. The van der Waals surface area contributed by atoms with Crippen molar-refractivity contribution in [1.29, 1.82) is 0 Å². The molecule has 0 aliphatic heterocycles. The molecule has 0 atom stereocenters. The van der Waals surface area contributed by atoms with Gasteiger partial charge in [0.05, 0.1) is 0 Å². The molecule has 2 aromatic rings. The first-order chi connectivity index (χ1) is 7.25. The lowest BCUT2D eigenvalue weighted by atomic mass is 10.1. The van der Waals surface area contributed by atoms with Crippen LogP contribution in [0.3, 0.4) is 0 Å². The second kappa shape index (κ2) is 4.28. The van der Waals surface area contributed by atoms with E-state index in [1.54, 1.807) is 6.26 Å². The lowest BCUT2D eigenvalue weighted by Crippen LogP contribution is -2.10. The molecule has 1 aromatic carbocycles. The Bertz CT molecular complexity index is 421. The van der Waals surface area contributed by atoms with Crippen LogP contribution in [0.25, 0.3) is 11.3 Å². The highest BCUT2D eigenvalue weighted by Gasteiger charge is 2.02. The van der Waals surface area contributed by atoms with Gasteiger partial charge in [-0.15, -0.1) is 0 Å². The summed E-state index contributed by atoms with van der Waals surface area (Å²) in [4.78, 5) is 6.27. The number of aromatic nitrogens is 1. The van der Waals surface area contributed by atoms with Crippen LogP contribution in [0, 0.1) is 0 Å². The first-order valence-corrected chi connectivity index (χ1v) is 4.88. The molecule has 0 bridgehead atoms. The number of benzene rings is 1. The Kier molecular flexibility index (Phi) is 2.83. The van der Waals surface area contributed by atoms with Gasteiger partial charge in [-0.2, -0.15) is 0 Å². The van der Waals surface area contributed by atoms with E-state index in [0.29, 0.717) is 0 Å². The van der Waals surface area contributed by atoms with E-state index in [0.717, 1.165) is 17.8 Å². The zero-order valence-corrected chi connectivity index (χ0v) is 8.97. The monoisotopic (exact) mass is 202 g/mol. The van der Waals surface area contributed by atoms with Crippen LogP contribution in [0.4, 0.5) is 0 Å². The van der Waals surface area contributed by atoms with Crippen molar-refractivity contribution in [2.75, 3.05) is 14.1 Å². The maximum absolute atomic E-state index is 4.97. The van der Waals surface area contributed by atoms with Gasteiger partial charge in [0, 0.05) is 12.1 Å². The van der Waals surface area contributed by atoms with Crippen LogP contribution in [-0.2, 0) is 6.54 Å². The molecule has 1 aromatic heterocycles. The van der Waals surface area contributed by atoms with Crippen molar-refractivity contribution in [1.82, 2.24) is 9.88 Å². The van der Waals surface area contributed by atoms with Crippen LogP contribution in [0.15, 0.2) is 41.3 Å². The second-order valence-electron chi connectivity index (χ2n) is 3.81. The number of oxazole rings is 1. The van der Waals surface area contributed by atoms with Crippen molar-refractivity contribution >= 4 is 0 Å². The molecule has 0 amide bonds. The summed E-state index contributed by atoms with van der Waals surface area (Å²) >= 11 is 0. The third kappa shape index (κ3) is 2.44. The van der Waals surface area contributed by atoms with Crippen molar-refractivity contribution in [3.63, 3.8) is 0 Å². The van der Waals surface area contributed by atoms with E-state index in [9.17, 15) is 0 Å². The predicted octanol–water partition coefficient (Wildman–Crippen LogP) is 2.40. The molecule has 0 N–H and O–H groups in total. The summed E-state index contributed by atoms with van der Waals surface area (Å²) in [5.74, 6) is 0. The molecule has 1 heterocycles. The standard InChI is InChI=1S/C12H14N2O/c1-14(2)7-10-4-3-5-11(6-10)12-8-15-9-13-12/h3-6,8-9H,7H2,1-2H3. The maximum Gasteiger partial charge on any atom is 0.181 e. The molecule has 2 rings (SSSR count). The van der Waals surface area contributed by atoms with E-state index in [4.69, 9.17) is 4.42 Å². The largest absolute Gasteiger partial charge is 0.451 e. The van der Waals surface area contributed by atoms with Crippen molar-refractivity contribution < 1.29 is 4.42 Å². The molecule has 0 aliphatic rings. The normalized spacial score (nSPS) is 10.9. The SMILES string of the molecule is CN(C)Cc1cccc(-c2cocn2)c1. The Morgan fingerprint density at radius 1 is 1.33 bits per heavy atom. The van der Waals surface area contributed by atoms with Crippen LogP contribution in [-0.4, -0.2) is 24.0 Å². The Morgan fingerprint density at radius 3 is 2.87 bits per heavy atom. The zero-order valence-electron chi connectivity index (χ0n) is 8.97. The maximum atomic E-state index is 4.97. The third-order valence-electron chi connectivity index (χ3n) is 2.15. The zero-order chi connectivity index (χ0) is 10.7. The fourth-order valence-corrected chi connectivity index (χ4v) is 1.55. The van der Waals surface area contributed by atoms with Crippen LogP contribution in [0.5, 0.6) is 0 Å². The van der Waals surface area contributed by atoms with Gasteiger partial charge < -0.3 is 9.32 Å². The smallest absolute Gasteiger partial charge is 0.181 e. The Balaban J connectivity index is 2.27. The molecule has 0 unspecified atom stereocenters. The lowest BCUT2D eigenvalue weighted by Gasteiger charge is -2.09. The number of hydrogen-bond donors (Lipinski definition) is 0. The number of nitrogens with zero attached hydrogens (tertiary/aromatic N) is 2. The van der Waals surface area contributed by atoms with E-state index in [2.05, 4.69) is 36.1 Å². The lowest BCUT2D eigenvalue weighted by molar-refractivity contribution is 0.402. The average Bonchev–Trinajstić information content (AvgIpc) is 2.69. The second-order valence-corrected chi connectivity index (χ2v) is 3.81. The summed E-state index contributed by atoms with van der Waals surface area (Å²) in [5.41, 5.74) is 3.26. The molecular formula is C12H14N2O. The highest BCUT2D eigenvalue weighted by atomic mass is 16.3. The van der Waals surface area contributed by atoms with Gasteiger partial charge in [-0.3, -0.25) is 0 Å². The van der Waals surface area contributed by atoms with Crippen LogP contribution in [0.2, 0.25) is 0 Å². The van der Waals surface area contributed by atoms with Gasteiger partial charge in [0.15, 0.2) is 6.39 Å². The first-order valence-electron chi connectivity index (χ1n) is 4.88. The van der Waals surface area contributed by atoms with E-state index in [1.165, 1.54) is 12.0 Å². The molecule has 3 heteroatoms. The van der Waals surface area contributed by atoms with Crippen LogP contribution < -0.4 is 0 Å². The van der Waals surface area contributed by atoms with Crippen molar-refractivity contribution in [2.45, 2.75) is 6.54 Å². The van der Waals surface area contributed by atoms with Gasteiger partial charge in [0.1, 0.15) is 12.0 Å². The topological polar surface area (TPSA) is 29.3 Å². The van der Waals surface area contributed by atoms with Gasteiger partial charge in [-0.1, -0.05) is 18.2 Å². The highest BCUT2D eigenvalue weighted by molar-refractivity contribution is 5.58. The van der Waals surface area contributed by atoms with Gasteiger partial charge in [-0.25, -0.2) is 4.98 Å². The molecule has 0 radical (unpaired) electrons. The minimum Gasteiger partial charge on any atom is -0.451 e. The Morgan fingerprint density at radius 2 is 2.20 bits per heavy atom. The fourth-order valence-electron chi connectivity index (χ4n) is 1.55. The van der Waals surface area contributed by atoms with E-state index in [1.807, 2.05) is 12.1 Å². The van der Waals surface area contributed by atoms with Crippen molar-refractivity contribution in [2.24, 2.45) is 0 Å². The molecule has 0 saturated carbocycles. The van der Waals surface area contributed by atoms with Gasteiger partial charge >= 0.3 is 0 Å². The Hall–Kier alpha value is -1.61. The summed E-state index contributed by atoms with van der Waals surface area (Å²) in [6.07, 6.45) is 3.11. The summed E-state index contributed by atoms with van der Waals surface area (Å²) in [6.45, 7) is 0.936. The minimum absolute atomic E-state index is 0.885. The van der Waals surface area contributed by atoms with Crippen LogP contribution in [0.1, 0.15) is 5.56 Å². The van der Waals surface area contributed by atoms with Gasteiger partial charge in [0.2, 0.25) is 0 Å². The molecule has 3 nitrogen and oxygen atoms in total. The van der Waals surface area contributed by atoms with Crippen LogP contribution >= 0.6 is 0 Å².